The van der Waals surface area contributed by atoms with Crippen LogP contribution < -0.4 is 4.72 Å². The third-order valence-electron chi connectivity index (χ3n) is 3.51. The standard InChI is InChI=1S/C15H15ClFN5O2S/c1-2-21-9-12(7-19-21)25(23,24)20-11-6-18-22(8-11)10-13-14(16)4-3-5-15(13)17/h3-9,20H,2,10H2,1H3. The molecule has 2 heterocycles. The van der Waals surface area contributed by atoms with E-state index in [1.54, 1.807) is 6.07 Å². The molecule has 25 heavy (non-hydrogen) atoms. The molecule has 0 unspecified atom stereocenters. The summed E-state index contributed by atoms with van der Waals surface area (Å²) in [5, 5.41) is 8.26. The summed E-state index contributed by atoms with van der Waals surface area (Å²) in [7, 11) is -3.77. The normalized spacial score (nSPS) is 11.6. The molecule has 0 spiro atoms. The molecule has 0 radical (unpaired) electrons. The fourth-order valence-electron chi connectivity index (χ4n) is 2.22. The van der Waals surface area contributed by atoms with Gasteiger partial charge < -0.3 is 0 Å². The molecule has 2 aromatic heterocycles. The van der Waals surface area contributed by atoms with E-state index in [1.165, 1.54) is 46.3 Å². The highest BCUT2D eigenvalue weighted by molar-refractivity contribution is 7.92. The topological polar surface area (TPSA) is 81.8 Å². The smallest absolute Gasteiger partial charge is 0.265 e. The predicted molar refractivity (Wildman–Crippen MR) is 91.4 cm³/mol. The zero-order chi connectivity index (χ0) is 18.0. The Bertz CT molecular complexity index is 979. The van der Waals surface area contributed by atoms with E-state index < -0.39 is 15.8 Å². The lowest BCUT2D eigenvalue weighted by atomic mass is 10.2. The third-order valence-corrected chi connectivity index (χ3v) is 5.20. The van der Waals surface area contributed by atoms with Crippen molar-refractivity contribution in [1.29, 1.82) is 0 Å². The largest absolute Gasteiger partial charge is 0.276 e. The maximum Gasteiger partial charge on any atom is 0.265 e. The van der Waals surface area contributed by atoms with E-state index in [0.717, 1.165) is 0 Å². The van der Waals surface area contributed by atoms with Crippen molar-refractivity contribution in [3.8, 4) is 0 Å². The summed E-state index contributed by atoms with van der Waals surface area (Å²) in [6, 6.07) is 4.40. The van der Waals surface area contributed by atoms with Crippen molar-refractivity contribution in [2.45, 2.75) is 24.9 Å². The van der Waals surface area contributed by atoms with Gasteiger partial charge in [0.05, 0.1) is 24.6 Å². The van der Waals surface area contributed by atoms with E-state index in [1.807, 2.05) is 6.92 Å². The number of nitrogens with zero attached hydrogens (tertiary/aromatic N) is 4. The molecule has 0 saturated carbocycles. The Morgan fingerprint density at radius 1 is 1.20 bits per heavy atom. The minimum absolute atomic E-state index is 0.0549. The van der Waals surface area contributed by atoms with E-state index in [0.29, 0.717) is 6.54 Å². The molecule has 1 N–H and O–H groups in total. The van der Waals surface area contributed by atoms with Crippen LogP contribution in [-0.4, -0.2) is 28.0 Å². The number of sulfonamides is 1. The highest BCUT2D eigenvalue weighted by Gasteiger charge is 2.17. The zero-order valence-corrected chi connectivity index (χ0v) is 14.8. The summed E-state index contributed by atoms with van der Waals surface area (Å²) in [6.07, 6.45) is 5.52. The predicted octanol–water partition coefficient (Wildman–Crippen LogP) is 2.74. The molecule has 3 rings (SSSR count). The summed E-state index contributed by atoms with van der Waals surface area (Å²) < 4.78 is 43.8. The summed E-state index contributed by atoms with van der Waals surface area (Å²) in [6.45, 7) is 2.51. The van der Waals surface area contributed by atoms with Crippen molar-refractivity contribution in [3.05, 3.63) is 59.4 Å². The van der Waals surface area contributed by atoms with Gasteiger partial charge in [-0.15, -0.1) is 0 Å². The van der Waals surface area contributed by atoms with E-state index in [2.05, 4.69) is 14.9 Å². The molecule has 1 aromatic carbocycles. The Hall–Kier alpha value is -2.39. The van der Waals surface area contributed by atoms with Gasteiger partial charge in [-0.2, -0.15) is 10.2 Å². The minimum Gasteiger partial charge on any atom is -0.276 e. The van der Waals surface area contributed by atoms with E-state index in [9.17, 15) is 12.8 Å². The Morgan fingerprint density at radius 3 is 2.64 bits per heavy atom. The number of nitrogens with one attached hydrogen (secondary N) is 1. The minimum atomic E-state index is -3.77. The Morgan fingerprint density at radius 2 is 1.96 bits per heavy atom. The Labute approximate surface area is 149 Å². The lowest BCUT2D eigenvalue weighted by Gasteiger charge is -2.06. The number of anilines is 1. The van der Waals surface area contributed by atoms with Gasteiger partial charge in [0.1, 0.15) is 10.7 Å². The van der Waals surface area contributed by atoms with Gasteiger partial charge in [0.15, 0.2) is 0 Å². The number of rotatable bonds is 6. The van der Waals surface area contributed by atoms with Crippen LogP contribution in [-0.2, 0) is 23.1 Å². The summed E-state index contributed by atoms with van der Waals surface area (Å²) >= 11 is 5.99. The zero-order valence-electron chi connectivity index (χ0n) is 13.2. The van der Waals surface area contributed by atoms with Gasteiger partial charge in [-0.05, 0) is 19.1 Å². The molecular formula is C15H15ClFN5O2S. The van der Waals surface area contributed by atoms with Crippen LogP contribution in [0.2, 0.25) is 5.02 Å². The van der Waals surface area contributed by atoms with Gasteiger partial charge in [-0.1, -0.05) is 17.7 Å². The average molecular weight is 384 g/mol. The van der Waals surface area contributed by atoms with Crippen molar-refractivity contribution < 1.29 is 12.8 Å². The van der Waals surface area contributed by atoms with Gasteiger partial charge in [0, 0.05) is 29.5 Å². The van der Waals surface area contributed by atoms with E-state index >= 15 is 0 Å². The van der Waals surface area contributed by atoms with Gasteiger partial charge in [0.2, 0.25) is 0 Å². The van der Waals surface area contributed by atoms with Crippen LogP contribution >= 0.6 is 11.6 Å². The van der Waals surface area contributed by atoms with Crippen molar-refractivity contribution in [2.24, 2.45) is 0 Å². The summed E-state index contributed by atoms with van der Waals surface area (Å²) in [5.41, 5.74) is 0.544. The highest BCUT2D eigenvalue weighted by Crippen LogP contribution is 2.21. The van der Waals surface area contributed by atoms with Crippen LogP contribution in [0.5, 0.6) is 0 Å². The molecule has 3 aromatic rings. The van der Waals surface area contributed by atoms with Gasteiger partial charge in [-0.3, -0.25) is 14.1 Å². The van der Waals surface area contributed by atoms with Crippen molar-refractivity contribution in [1.82, 2.24) is 19.6 Å². The molecule has 10 heteroatoms. The molecule has 0 aliphatic rings. The number of hydrogen-bond donors (Lipinski definition) is 1. The lowest BCUT2D eigenvalue weighted by molar-refractivity contribution is 0.585. The summed E-state index contributed by atoms with van der Waals surface area (Å²) in [5.74, 6) is -0.447. The van der Waals surface area contributed by atoms with Crippen LogP contribution in [0.4, 0.5) is 10.1 Å². The second kappa shape index (κ2) is 6.85. The molecule has 7 nitrogen and oxygen atoms in total. The van der Waals surface area contributed by atoms with Crippen molar-refractivity contribution in [3.63, 3.8) is 0 Å². The number of aromatic nitrogens is 4. The molecule has 0 amide bonds. The molecule has 0 fully saturated rings. The van der Waals surface area contributed by atoms with E-state index in [4.69, 9.17) is 11.6 Å². The quantitative estimate of drug-likeness (QED) is 0.709. The van der Waals surface area contributed by atoms with Crippen LogP contribution in [0, 0.1) is 5.82 Å². The maximum absolute atomic E-state index is 13.8. The van der Waals surface area contributed by atoms with Gasteiger partial charge in [0.25, 0.3) is 10.0 Å². The molecule has 0 aliphatic carbocycles. The number of halogens is 2. The second-order valence-electron chi connectivity index (χ2n) is 5.26. The first-order valence-corrected chi connectivity index (χ1v) is 9.26. The average Bonchev–Trinajstić information content (AvgIpc) is 3.20. The summed E-state index contributed by atoms with van der Waals surface area (Å²) in [4.78, 5) is 0.0549. The molecular weight excluding hydrogens is 369 g/mol. The first-order valence-electron chi connectivity index (χ1n) is 7.39. The van der Waals surface area contributed by atoms with Crippen molar-refractivity contribution in [2.75, 3.05) is 4.72 Å². The van der Waals surface area contributed by atoms with Gasteiger partial charge in [-0.25, -0.2) is 12.8 Å². The fraction of sp³-hybridized carbons (Fsp3) is 0.200. The van der Waals surface area contributed by atoms with Crippen LogP contribution in [0.3, 0.4) is 0 Å². The fourth-order valence-corrected chi connectivity index (χ4v) is 3.42. The Kier molecular flexibility index (Phi) is 4.78. The van der Waals surface area contributed by atoms with Crippen LogP contribution in [0.15, 0.2) is 47.9 Å². The molecule has 0 aliphatic heterocycles. The first-order chi connectivity index (χ1) is 11.9. The highest BCUT2D eigenvalue weighted by atomic mass is 35.5. The maximum atomic E-state index is 13.8. The Balaban J connectivity index is 1.77. The third kappa shape index (κ3) is 3.83. The van der Waals surface area contributed by atoms with Crippen LogP contribution in [0.25, 0.3) is 0 Å². The molecule has 0 saturated heterocycles. The van der Waals surface area contributed by atoms with Crippen LogP contribution in [0.1, 0.15) is 12.5 Å². The lowest BCUT2D eigenvalue weighted by Crippen LogP contribution is -2.12. The van der Waals surface area contributed by atoms with Gasteiger partial charge >= 0.3 is 0 Å². The first kappa shape index (κ1) is 17.4. The number of benzene rings is 1. The molecule has 0 bridgehead atoms. The SMILES string of the molecule is CCn1cc(S(=O)(=O)Nc2cnn(Cc3c(F)cccc3Cl)c2)cn1. The number of hydrogen-bond acceptors (Lipinski definition) is 4. The second-order valence-corrected chi connectivity index (χ2v) is 7.35. The van der Waals surface area contributed by atoms with E-state index in [-0.39, 0.29) is 27.7 Å². The number of aryl methyl sites for hydroxylation is 1. The molecule has 132 valence electrons. The monoisotopic (exact) mass is 383 g/mol. The van der Waals surface area contributed by atoms with Crippen molar-refractivity contribution >= 4 is 27.3 Å². The molecule has 0 atom stereocenters.